The Morgan fingerprint density at radius 3 is 2.45 bits per heavy atom. The van der Waals surface area contributed by atoms with E-state index in [2.05, 4.69) is 5.32 Å². The molecule has 2 aromatic rings. The number of halogens is 1. The second kappa shape index (κ2) is 9.29. The van der Waals surface area contributed by atoms with E-state index in [0.717, 1.165) is 4.90 Å². The Morgan fingerprint density at radius 2 is 1.79 bits per heavy atom. The summed E-state index contributed by atoms with van der Waals surface area (Å²) in [5.41, 5.74) is 0.875. The van der Waals surface area contributed by atoms with Crippen LogP contribution in [-0.4, -0.2) is 49.0 Å². The van der Waals surface area contributed by atoms with E-state index in [1.54, 1.807) is 37.4 Å². The maximum absolute atomic E-state index is 13.0. The molecule has 1 heterocycles. The predicted molar refractivity (Wildman–Crippen MR) is 106 cm³/mol. The molecule has 2 aromatic carbocycles. The van der Waals surface area contributed by atoms with Crippen LogP contribution in [0.15, 0.2) is 54.6 Å². The Bertz CT molecular complexity index is 873. The van der Waals surface area contributed by atoms with E-state index in [1.807, 2.05) is 0 Å². The minimum absolute atomic E-state index is 0.196. The van der Waals surface area contributed by atoms with Gasteiger partial charge in [-0.15, -0.1) is 0 Å². The van der Waals surface area contributed by atoms with Crippen molar-refractivity contribution in [3.63, 3.8) is 0 Å². The summed E-state index contributed by atoms with van der Waals surface area (Å²) >= 11 is 0. The molecule has 0 aromatic heterocycles. The van der Waals surface area contributed by atoms with Crippen LogP contribution in [0.3, 0.4) is 0 Å². The van der Waals surface area contributed by atoms with Gasteiger partial charge >= 0.3 is 6.03 Å². The highest BCUT2D eigenvalue weighted by atomic mass is 19.1. The number of benzene rings is 2. The number of carbonyl (C=O) groups excluding carboxylic acids is 3. The average Bonchev–Trinajstić information content (AvgIpc) is 2.94. The average molecular weight is 399 g/mol. The fourth-order valence-corrected chi connectivity index (χ4v) is 3.20. The molecule has 1 N–H and O–H groups in total. The van der Waals surface area contributed by atoms with Crippen molar-refractivity contribution in [3.8, 4) is 0 Å². The van der Waals surface area contributed by atoms with Crippen molar-refractivity contribution in [2.24, 2.45) is 0 Å². The first-order valence-corrected chi connectivity index (χ1v) is 9.25. The molecule has 0 aliphatic carbocycles. The standard InChI is InChI=1S/C21H22FN3O4/c1-29-13-5-12-24-18(14-19(26)23-16-10-8-15(22)9-11-16)20(27)25(21(24)28)17-6-3-2-4-7-17/h2-4,6-11,18H,5,12-14H2,1H3,(H,23,26)/t18-/m1/s1. The van der Waals surface area contributed by atoms with E-state index in [-0.39, 0.29) is 13.0 Å². The van der Waals surface area contributed by atoms with Gasteiger partial charge < -0.3 is 15.0 Å². The van der Waals surface area contributed by atoms with Crippen LogP contribution in [0.1, 0.15) is 12.8 Å². The van der Waals surface area contributed by atoms with Gasteiger partial charge in [0.1, 0.15) is 11.9 Å². The van der Waals surface area contributed by atoms with Crippen molar-refractivity contribution in [1.82, 2.24) is 4.90 Å². The van der Waals surface area contributed by atoms with E-state index in [1.165, 1.54) is 29.2 Å². The van der Waals surface area contributed by atoms with Crippen LogP contribution in [-0.2, 0) is 14.3 Å². The molecule has 7 nitrogen and oxygen atoms in total. The summed E-state index contributed by atoms with van der Waals surface area (Å²) < 4.78 is 18.1. The van der Waals surface area contributed by atoms with Crippen LogP contribution in [0.2, 0.25) is 0 Å². The largest absolute Gasteiger partial charge is 0.385 e. The van der Waals surface area contributed by atoms with Gasteiger partial charge in [0.25, 0.3) is 5.91 Å². The Hall–Kier alpha value is -3.26. The van der Waals surface area contributed by atoms with Gasteiger partial charge in [0.2, 0.25) is 5.91 Å². The van der Waals surface area contributed by atoms with Crippen molar-refractivity contribution in [3.05, 3.63) is 60.4 Å². The Morgan fingerprint density at radius 1 is 1.10 bits per heavy atom. The lowest BCUT2D eigenvalue weighted by Gasteiger charge is -2.21. The van der Waals surface area contributed by atoms with Gasteiger partial charge in [0, 0.05) is 25.9 Å². The molecule has 1 aliphatic rings. The molecule has 1 aliphatic heterocycles. The Labute approximate surface area is 168 Å². The summed E-state index contributed by atoms with van der Waals surface area (Å²) in [5.74, 6) is -1.30. The lowest BCUT2D eigenvalue weighted by atomic mass is 10.1. The molecule has 1 fully saturated rings. The summed E-state index contributed by atoms with van der Waals surface area (Å²) in [5, 5.41) is 2.63. The quantitative estimate of drug-likeness (QED) is 0.547. The topological polar surface area (TPSA) is 79.0 Å². The first-order chi connectivity index (χ1) is 14.0. The molecule has 8 heteroatoms. The fraction of sp³-hybridized carbons (Fsp3) is 0.286. The van der Waals surface area contributed by atoms with Gasteiger partial charge in [-0.2, -0.15) is 0 Å². The first-order valence-electron chi connectivity index (χ1n) is 9.25. The predicted octanol–water partition coefficient (Wildman–Crippen LogP) is 3.03. The fourth-order valence-electron chi connectivity index (χ4n) is 3.20. The zero-order chi connectivity index (χ0) is 20.8. The van der Waals surface area contributed by atoms with Crippen molar-refractivity contribution in [2.75, 3.05) is 30.5 Å². The smallest absolute Gasteiger partial charge is 0.332 e. The maximum Gasteiger partial charge on any atom is 0.332 e. The number of methoxy groups -OCH3 is 1. The number of para-hydroxylation sites is 1. The minimum Gasteiger partial charge on any atom is -0.385 e. The monoisotopic (exact) mass is 399 g/mol. The van der Waals surface area contributed by atoms with Crippen LogP contribution < -0.4 is 10.2 Å². The second-order valence-electron chi connectivity index (χ2n) is 6.61. The van der Waals surface area contributed by atoms with Gasteiger partial charge in [0.05, 0.1) is 12.1 Å². The van der Waals surface area contributed by atoms with Gasteiger partial charge in [-0.3, -0.25) is 9.59 Å². The van der Waals surface area contributed by atoms with Crippen molar-refractivity contribution in [2.45, 2.75) is 18.9 Å². The molecule has 29 heavy (non-hydrogen) atoms. The summed E-state index contributed by atoms with van der Waals surface area (Å²) in [6.07, 6.45) is 0.340. The van der Waals surface area contributed by atoms with Crippen molar-refractivity contribution in [1.29, 1.82) is 0 Å². The molecule has 4 amide bonds. The van der Waals surface area contributed by atoms with Gasteiger partial charge in [-0.05, 0) is 42.8 Å². The van der Waals surface area contributed by atoms with Crippen LogP contribution in [0.25, 0.3) is 0 Å². The third-order valence-corrected chi connectivity index (χ3v) is 4.59. The number of amides is 4. The summed E-state index contributed by atoms with van der Waals surface area (Å²) in [7, 11) is 1.56. The molecule has 1 saturated heterocycles. The Kier molecular flexibility index (Phi) is 6.56. The Balaban J connectivity index is 1.77. The summed E-state index contributed by atoms with van der Waals surface area (Å²) in [4.78, 5) is 40.9. The first kappa shape index (κ1) is 20.5. The number of anilines is 2. The van der Waals surface area contributed by atoms with Gasteiger partial charge in [-0.1, -0.05) is 18.2 Å². The minimum atomic E-state index is -0.917. The highest BCUT2D eigenvalue weighted by Crippen LogP contribution is 2.27. The zero-order valence-electron chi connectivity index (χ0n) is 16.0. The number of hydrogen-bond donors (Lipinski definition) is 1. The molecule has 1 atom stereocenters. The van der Waals surface area contributed by atoms with Crippen LogP contribution >= 0.6 is 0 Å². The molecule has 152 valence electrons. The van der Waals surface area contributed by atoms with Gasteiger partial charge in [0.15, 0.2) is 0 Å². The molecule has 0 radical (unpaired) electrons. The number of carbonyl (C=O) groups is 3. The third kappa shape index (κ3) is 4.78. The molecule has 0 bridgehead atoms. The van der Waals surface area contributed by atoms with E-state index in [9.17, 15) is 18.8 Å². The van der Waals surface area contributed by atoms with Crippen LogP contribution in [0, 0.1) is 5.82 Å². The molecule has 0 unspecified atom stereocenters. The zero-order valence-corrected chi connectivity index (χ0v) is 16.0. The van der Waals surface area contributed by atoms with E-state index in [4.69, 9.17) is 4.74 Å². The van der Waals surface area contributed by atoms with E-state index in [0.29, 0.717) is 24.4 Å². The lowest BCUT2D eigenvalue weighted by molar-refractivity contribution is -0.124. The SMILES string of the molecule is COCCCN1C(=O)N(c2ccccc2)C(=O)[C@H]1CC(=O)Nc1ccc(F)cc1. The van der Waals surface area contributed by atoms with Crippen LogP contribution in [0.5, 0.6) is 0 Å². The number of imide groups is 1. The summed E-state index contributed by atoms with van der Waals surface area (Å²) in [6, 6.07) is 12.5. The second-order valence-corrected chi connectivity index (χ2v) is 6.61. The maximum atomic E-state index is 13.0. The van der Waals surface area contributed by atoms with E-state index < -0.39 is 29.7 Å². The highest BCUT2D eigenvalue weighted by molar-refractivity contribution is 6.22. The third-order valence-electron chi connectivity index (χ3n) is 4.59. The molecule has 0 saturated carbocycles. The number of rotatable bonds is 8. The lowest BCUT2D eigenvalue weighted by Crippen LogP contribution is -2.38. The number of urea groups is 1. The van der Waals surface area contributed by atoms with Crippen LogP contribution in [0.4, 0.5) is 20.6 Å². The number of nitrogens with zero attached hydrogens (tertiary/aromatic N) is 2. The molecule has 3 rings (SSSR count). The number of ether oxygens (including phenoxy) is 1. The number of nitrogens with one attached hydrogen (secondary N) is 1. The molecule has 0 spiro atoms. The van der Waals surface area contributed by atoms with Crippen molar-refractivity contribution >= 4 is 29.2 Å². The molecular formula is C21H22FN3O4. The highest BCUT2D eigenvalue weighted by Gasteiger charge is 2.46. The van der Waals surface area contributed by atoms with E-state index >= 15 is 0 Å². The normalized spacial score (nSPS) is 16.4. The van der Waals surface area contributed by atoms with Crippen molar-refractivity contribution < 1.29 is 23.5 Å². The molecular weight excluding hydrogens is 377 g/mol. The summed E-state index contributed by atoms with van der Waals surface area (Å²) in [6.45, 7) is 0.716. The van der Waals surface area contributed by atoms with Gasteiger partial charge in [-0.25, -0.2) is 14.1 Å². The number of hydrogen-bond acceptors (Lipinski definition) is 4.